The number of hydrogen-bond acceptors (Lipinski definition) is 14. The van der Waals surface area contributed by atoms with Gasteiger partial charge in [-0.1, -0.05) is 143 Å². The van der Waals surface area contributed by atoms with Crippen LogP contribution in [0.3, 0.4) is 0 Å². The molecule has 17 heteroatoms. The van der Waals surface area contributed by atoms with Gasteiger partial charge in [0, 0.05) is 22.9 Å². The molecule has 0 N–H and O–H groups in total. The van der Waals surface area contributed by atoms with Gasteiger partial charge in [-0.15, -0.1) is 20.5 Å². The van der Waals surface area contributed by atoms with Crippen molar-refractivity contribution < 1.29 is 8.42 Å². The van der Waals surface area contributed by atoms with E-state index in [1.54, 1.807) is 24.3 Å². The summed E-state index contributed by atoms with van der Waals surface area (Å²) in [5.41, 5.74) is 8.21. The topological polar surface area (TPSA) is 141 Å². The van der Waals surface area contributed by atoms with E-state index >= 15 is 0 Å². The number of benzene rings is 6. The fourth-order valence-corrected chi connectivity index (χ4v) is 11.4. The van der Waals surface area contributed by atoms with Crippen LogP contribution in [0.1, 0.15) is 58.6 Å². The molecule has 4 heterocycles. The van der Waals surface area contributed by atoms with Crippen molar-refractivity contribution in [2.75, 3.05) is 10.0 Å². The first-order chi connectivity index (χ1) is 32.6. The number of thiazole rings is 2. The fraction of sp³-hybridized carbons (Fsp3) is 0.120. The Morgan fingerprint density at radius 2 is 0.881 bits per heavy atom. The summed E-state index contributed by atoms with van der Waals surface area (Å²) in [5.74, 6) is 0. The van der Waals surface area contributed by atoms with Gasteiger partial charge in [0.2, 0.25) is 20.1 Å². The number of azo groups is 2. The molecular formula is C50H38Cl2N10O2S3. The number of hydrogen-bond donors (Lipinski definition) is 0. The van der Waals surface area contributed by atoms with E-state index in [0.717, 1.165) is 33.7 Å². The molecule has 332 valence electrons. The van der Waals surface area contributed by atoms with Gasteiger partial charge in [0.25, 0.3) is 0 Å². The van der Waals surface area contributed by atoms with Crippen molar-refractivity contribution in [3.63, 3.8) is 0 Å². The standard InChI is InChI=1S/C50H38Cl2N10O2S3/c1-31-47(65-49(53-31)61-45(39-17-9-11-19-41(39)51)29-43(59-61)33-13-5-3-6-14-33)57-55-35-21-25-37(26-22-35)67(63,64)38-27-23-36(24-28-38)56-58-48-32(2)54-50(66-48)62-46(40-18-10-12-20-42(40)52)30-44(60-62)34-15-7-4-8-16-34/h3-28,45-46H,29-30H2,1-2H3. The van der Waals surface area contributed by atoms with E-state index in [9.17, 15) is 8.42 Å². The number of anilines is 2. The zero-order valence-electron chi connectivity index (χ0n) is 35.8. The van der Waals surface area contributed by atoms with E-state index in [0.29, 0.717) is 65.9 Å². The maximum atomic E-state index is 13.7. The highest BCUT2D eigenvalue weighted by Crippen LogP contribution is 2.45. The molecule has 2 aliphatic heterocycles. The Balaban J connectivity index is 0.823. The van der Waals surface area contributed by atoms with Crippen LogP contribution in [0.15, 0.2) is 198 Å². The second kappa shape index (κ2) is 18.9. The third kappa shape index (κ3) is 9.20. The summed E-state index contributed by atoms with van der Waals surface area (Å²) < 4.78 is 27.4. The molecule has 6 aromatic carbocycles. The van der Waals surface area contributed by atoms with Crippen LogP contribution in [-0.2, 0) is 9.84 Å². The Morgan fingerprint density at radius 3 is 1.27 bits per heavy atom. The van der Waals surface area contributed by atoms with Gasteiger partial charge < -0.3 is 0 Å². The van der Waals surface area contributed by atoms with E-state index in [1.165, 1.54) is 46.9 Å². The maximum absolute atomic E-state index is 13.7. The van der Waals surface area contributed by atoms with Crippen molar-refractivity contribution in [1.29, 1.82) is 0 Å². The number of nitrogens with zero attached hydrogens (tertiary/aromatic N) is 10. The van der Waals surface area contributed by atoms with Crippen molar-refractivity contribution in [3.05, 3.63) is 201 Å². The molecule has 0 saturated heterocycles. The van der Waals surface area contributed by atoms with Crippen LogP contribution in [0.5, 0.6) is 0 Å². The molecule has 2 aliphatic rings. The van der Waals surface area contributed by atoms with Gasteiger partial charge in [-0.3, -0.25) is 0 Å². The lowest BCUT2D eigenvalue weighted by Crippen LogP contribution is -2.18. The zero-order valence-corrected chi connectivity index (χ0v) is 39.8. The summed E-state index contributed by atoms with van der Waals surface area (Å²) in [6.45, 7) is 3.75. The molecule has 0 fully saturated rings. The highest BCUT2D eigenvalue weighted by molar-refractivity contribution is 7.91. The van der Waals surface area contributed by atoms with Crippen LogP contribution >= 0.6 is 45.9 Å². The summed E-state index contributed by atoms with van der Waals surface area (Å²) in [6.07, 6.45) is 1.31. The number of aryl methyl sites for hydroxylation is 2. The van der Waals surface area contributed by atoms with Crippen molar-refractivity contribution in [1.82, 2.24) is 9.97 Å². The van der Waals surface area contributed by atoms with Crippen molar-refractivity contribution >= 4 is 98.8 Å². The van der Waals surface area contributed by atoms with Crippen LogP contribution in [0.4, 0.5) is 31.6 Å². The van der Waals surface area contributed by atoms with Crippen molar-refractivity contribution in [2.24, 2.45) is 30.7 Å². The van der Waals surface area contributed by atoms with E-state index in [4.69, 9.17) is 43.4 Å². The molecule has 12 nitrogen and oxygen atoms in total. The van der Waals surface area contributed by atoms with E-state index < -0.39 is 9.84 Å². The quantitative estimate of drug-likeness (QED) is 0.112. The molecular weight excluding hydrogens is 940 g/mol. The molecule has 0 spiro atoms. The number of hydrazone groups is 2. The Hall–Kier alpha value is -6.75. The maximum Gasteiger partial charge on any atom is 0.208 e. The van der Waals surface area contributed by atoms with Gasteiger partial charge in [-0.25, -0.2) is 28.4 Å². The van der Waals surface area contributed by atoms with Crippen molar-refractivity contribution in [2.45, 2.75) is 48.6 Å². The first-order valence-electron chi connectivity index (χ1n) is 21.2. The third-order valence-electron chi connectivity index (χ3n) is 11.3. The summed E-state index contributed by atoms with van der Waals surface area (Å²) in [5, 5.41) is 35.6. The van der Waals surface area contributed by atoms with Gasteiger partial charge >= 0.3 is 0 Å². The normalized spacial score (nSPS) is 16.4. The van der Waals surface area contributed by atoms with Gasteiger partial charge in [0.1, 0.15) is 0 Å². The lowest BCUT2D eigenvalue weighted by Gasteiger charge is -2.22. The van der Waals surface area contributed by atoms with Crippen LogP contribution in [-0.4, -0.2) is 29.8 Å². The second-order valence-corrected chi connectivity index (χ2v) is 20.3. The molecule has 0 bridgehead atoms. The molecule has 2 aromatic heterocycles. The number of sulfone groups is 1. The second-order valence-electron chi connectivity index (χ2n) is 15.7. The summed E-state index contributed by atoms with van der Waals surface area (Å²) in [7, 11) is -3.86. The van der Waals surface area contributed by atoms with E-state index in [-0.39, 0.29) is 21.9 Å². The van der Waals surface area contributed by atoms with Crippen LogP contribution in [0.25, 0.3) is 0 Å². The zero-order chi connectivity index (χ0) is 46.1. The predicted octanol–water partition coefficient (Wildman–Crippen LogP) is 14.9. The first-order valence-corrected chi connectivity index (χ1v) is 25.0. The largest absolute Gasteiger partial charge is 0.231 e. The Morgan fingerprint density at radius 1 is 0.507 bits per heavy atom. The van der Waals surface area contributed by atoms with Crippen molar-refractivity contribution in [3.8, 4) is 0 Å². The highest BCUT2D eigenvalue weighted by Gasteiger charge is 2.35. The van der Waals surface area contributed by atoms with E-state index in [2.05, 4.69) is 20.5 Å². The smallest absolute Gasteiger partial charge is 0.208 e. The highest BCUT2D eigenvalue weighted by atomic mass is 35.5. The van der Waals surface area contributed by atoms with Crippen LogP contribution in [0.2, 0.25) is 10.0 Å². The Bertz CT molecular complexity index is 3120. The molecule has 0 aliphatic carbocycles. The summed E-state index contributed by atoms with van der Waals surface area (Å²) in [4.78, 5) is 9.90. The SMILES string of the molecule is Cc1nc(N2N=C(c3ccccc3)CC2c2ccccc2Cl)sc1N=Nc1ccc(S(=O)(=O)c2ccc(N=Nc3sc(N4N=C(c5ccccc5)CC4c4ccccc4Cl)nc3C)cc2)cc1. The summed E-state index contributed by atoms with van der Waals surface area (Å²) in [6, 6.07) is 48.0. The van der Waals surface area contributed by atoms with Crippen LogP contribution in [0, 0.1) is 13.8 Å². The number of rotatable bonds is 12. The molecule has 2 unspecified atom stereocenters. The van der Waals surface area contributed by atoms with Gasteiger partial charge in [-0.2, -0.15) is 10.2 Å². The number of aromatic nitrogens is 2. The minimum atomic E-state index is -3.86. The van der Waals surface area contributed by atoms with Gasteiger partial charge in [0.05, 0.1) is 56.1 Å². The van der Waals surface area contributed by atoms with E-state index in [1.807, 2.05) is 133 Å². The lowest BCUT2D eigenvalue weighted by molar-refractivity contribution is 0.596. The molecule has 8 aromatic rings. The molecule has 0 radical (unpaired) electrons. The Kier molecular flexibility index (Phi) is 12.4. The average molecular weight is 978 g/mol. The van der Waals surface area contributed by atoms with Crippen LogP contribution < -0.4 is 10.0 Å². The Labute approximate surface area is 405 Å². The fourth-order valence-electron chi connectivity index (χ4n) is 7.82. The summed E-state index contributed by atoms with van der Waals surface area (Å²) >= 11 is 16.1. The number of halogens is 2. The lowest BCUT2D eigenvalue weighted by atomic mass is 9.98. The minimum Gasteiger partial charge on any atom is -0.231 e. The monoisotopic (exact) mass is 976 g/mol. The first kappa shape index (κ1) is 44.1. The minimum absolute atomic E-state index is 0.117. The third-order valence-corrected chi connectivity index (χ3v) is 15.8. The molecule has 2 atom stereocenters. The predicted molar refractivity (Wildman–Crippen MR) is 269 cm³/mol. The molecule has 10 rings (SSSR count). The molecule has 67 heavy (non-hydrogen) atoms. The molecule has 0 saturated carbocycles. The van der Waals surface area contributed by atoms with Gasteiger partial charge in [0.15, 0.2) is 10.0 Å². The molecule has 0 amide bonds. The van der Waals surface area contributed by atoms with Gasteiger partial charge in [-0.05, 0) is 96.8 Å². The average Bonchev–Trinajstić information content (AvgIpc) is 4.17.